The van der Waals surface area contributed by atoms with Crippen LogP contribution in [-0.2, 0) is 0 Å². The zero-order valence-corrected chi connectivity index (χ0v) is 5.31. The van der Waals surface area contributed by atoms with Gasteiger partial charge in [-0.1, -0.05) is 0 Å². The molecule has 0 bridgehead atoms. The zero-order chi connectivity index (χ0) is 8.59. The quantitative estimate of drug-likeness (QED) is 0.271. The first-order valence-electron chi connectivity index (χ1n) is 2.53. The number of rotatable bonds is 0. The molecule has 0 spiro atoms. The molecule has 0 radical (unpaired) electrons. The van der Waals surface area contributed by atoms with E-state index in [0.29, 0.717) is 0 Å². The summed E-state index contributed by atoms with van der Waals surface area (Å²) in [6.45, 7) is 0. The first kappa shape index (κ1) is 7.12. The number of nitrogens with one attached hydrogen (secondary N) is 2. The van der Waals surface area contributed by atoms with Crippen LogP contribution in [0.4, 0.5) is 5.95 Å². The van der Waals surface area contributed by atoms with E-state index in [2.05, 4.69) is 4.98 Å². The van der Waals surface area contributed by atoms with Crippen LogP contribution in [0.25, 0.3) is 0 Å². The predicted octanol–water partition coefficient (Wildman–Crippen LogP) is -2.30. The molecule has 8 nitrogen and oxygen atoms in total. The van der Waals surface area contributed by atoms with Gasteiger partial charge in [0, 0.05) is 0 Å². The largest absolute Gasteiger partial charge is 0.422 e. The van der Waals surface area contributed by atoms with Crippen molar-refractivity contribution >= 4 is 5.95 Å². The van der Waals surface area contributed by atoms with Gasteiger partial charge in [0.05, 0.1) is 0 Å². The first-order valence-corrected chi connectivity index (χ1v) is 2.53. The molecule has 0 saturated heterocycles. The molecule has 1 aromatic heterocycles. The van der Waals surface area contributed by atoms with Crippen LogP contribution in [-0.4, -0.2) is 24.9 Å². The van der Waals surface area contributed by atoms with Crippen molar-refractivity contribution < 1.29 is 10.4 Å². The van der Waals surface area contributed by atoms with Crippen molar-refractivity contribution in [3.63, 3.8) is 0 Å². The minimum Gasteiger partial charge on any atom is -0.422 e. The number of hydrogen-bond donors (Lipinski definition) is 5. The number of nitrogen functional groups attached to an aromatic ring is 1. The molecular formula is C3H6N6O2. The van der Waals surface area contributed by atoms with Gasteiger partial charge in [0.15, 0.2) is 0 Å². The lowest BCUT2D eigenvalue weighted by molar-refractivity contribution is 0.0886. The first-order chi connectivity index (χ1) is 5.04. The average Bonchev–Trinajstić information content (AvgIpc) is 1.97. The number of anilines is 1. The summed E-state index contributed by atoms with van der Waals surface area (Å²) in [7, 11) is 0. The Morgan fingerprint density at radius 2 is 1.82 bits per heavy atom. The number of hydrogen-bond acceptors (Lipinski definition) is 6. The Hall–Kier alpha value is -1.99. The van der Waals surface area contributed by atoms with Crippen LogP contribution < -0.4 is 17.0 Å². The molecule has 0 aliphatic heterocycles. The fourth-order valence-corrected chi connectivity index (χ4v) is 0.502. The van der Waals surface area contributed by atoms with E-state index in [1.807, 2.05) is 0 Å². The molecule has 6 N–H and O–H groups in total. The van der Waals surface area contributed by atoms with Gasteiger partial charge in [-0.05, 0) is 0 Å². The van der Waals surface area contributed by atoms with Gasteiger partial charge in [0.25, 0.3) is 11.2 Å². The fraction of sp³-hybridized carbons (Fsp3) is 0. The van der Waals surface area contributed by atoms with E-state index in [1.54, 1.807) is 0 Å². The predicted molar refractivity (Wildman–Crippen MR) is 30.7 cm³/mol. The smallest absolute Gasteiger partial charge is 0.276 e. The Bertz CT molecular complexity index is 388. The molecular weight excluding hydrogens is 152 g/mol. The van der Waals surface area contributed by atoms with Crippen molar-refractivity contribution in [1.82, 2.24) is 14.4 Å². The molecule has 0 unspecified atom stereocenters. The Morgan fingerprint density at radius 3 is 2.36 bits per heavy atom. The number of aromatic nitrogens is 3. The molecule has 11 heavy (non-hydrogen) atoms. The molecule has 0 saturated carbocycles. The Balaban J connectivity index is 3.74. The van der Waals surface area contributed by atoms with Crippen LogP contribution in [0, 0.1) is 10.8 Å². The molecule has 1 rings (SSSR count). The van der Waals surface area contributed by atoms with Gasteiger partial charge in [-0.3, -0.25) is 10.8 Å². The van der Waals surface area contributed by atoms with E-state index in [-0.39, 0.29) is 9.46 Å². The number of nitrogens with two attached hydrogens (primary N) is 1. The standard InChI is InChI=1S/C3H6N6O2/c4-1-7-2(5)9(11)3(6)8(1)10/h6,10-11H,(H3,4,5,7). The highest BCUT2D eigenvalue weighted by atomic mass is 16.5. The van der Waals surface area contributed by atoms with Crippen LogP contribution in [0.1, 0.15) is 0 Å². The third-order valence-corrected chi connectivity index (χ3v) is 1.04. The molecule has 0 aromatic carbocycles. The van der Waals surface area contributed by atoms with Gasteiger partial charge in [0.2, 0.25) is 5.95 Å². The molecule has 8 heteroatoms. The van der Waals surface area contributed by atoms with Gasteiger partial charge in [-0.2, -0.15) is 4.98 Å². The van der Waals surface area contributed by atoms with Crippen molar-refractivity contribution in [2.75, 3.05) is 5.73 Å². The fourth-order valence-electron chi connectivity index (χ4n) is 0.502. The maximum Gasteiger partial charge on any atom is 0.276 e. The summed E-state index contributed by atoms with van der Waals surface area (Å²) in [5, 5.41) is 31.3. The van der Waals surface area contributed by atoms with Gasteiger partial charge < -0.3 is 16.1 Å². The molecule has 60 valence electrons. The molecule has 0 aliphatic rings. The topological polar surface area (TPSA) is 137 Å². The summed E-state index contributed by atoms with van der Waals surface area (Å²) in [4.78, 5) is 3.18. The SMILES string of the molecule is N=c1nc(N)n(O)c(=N)n1O. The molecule has 0 atom stereocenters. The maximum absolute atomic E-state index is 8.79. The van der Waals surface area contributed by atoms with Crippen molar-refractivity contribution in [3.8, 4) is 0 Å². The van der Waals surface area contributed by atoms with Crippen LogP contribution in [0.5, 0.6) is 0 Å². The minimum atomic E-state index is -0.734. The highest BCUT2D eigenvalue weighted by molar-refractivity contribution is 5.10. The third kappa shape index (κ3) is 0.892. The lowest BCUT2D eigenvalue weighted by Crippen LogP contribution is -2.41. The Morgan fingerprint density at radius 1 is 1.27 bits per heavy atom. The van der Waals surface area contributed by atoms with Crippen molar-refractivity contribution in [1.29, 1.82) is 10.8 Å². The van der Waals surface area contributed by atoms with Crippen molar-refractivity contribution in [2.45, 2.75) is 0 Å². The van der Waals surface area contributed by atoms with E-state index >= 15 is 0 Å². The molecule has 1 aromatic rings. The number of nitrogens with zero attached hydrogens (tertiary/aromatic N) is 3. The molecule has 0 fully saturated rings. The second-order valence-corrected chi connectivity index (χ2v) is 1.74. The van der Waals surface area contributed by atoms with Gasteiger partial charge in [-0.25, -0.2) is 0 Å². The maximum atomic E-state index is 8.79. The summed E-state index contributed by atoms with van der Waals surface area (Å²) in [5.74, 6) is -0.426. The van der Waals surface area contributed by atoms with Crippen molar-refractivity contribution in [2.24, 2.45) is 0 Å². The normalized spacial score (nSPS) is 9.82. The van der Waals surface area contributed by atoms with E-state index in [9.17, 15) is 0 Å². The minimum absolute atomic E-state index is 0.0797. The Labute approximate surface area is 59.7 Å². The van der Waals surface area contributed by atoms with E-state index in [0.717, 1.165) is 0 Å². The average molecular weight is 158 g/mol. The molecule has 0 aliphatic carbocycles. The molecule has 1 heterocycles. The summed E-state index contributed by atoms with van der Waals surface area (Å²) < 4.78 is 0.231. The van der Waals surface area contributed by atoms with Crippen LogP contribution in [0.15, 0.2) is 0 Å². The van der Waals surface area contributed by atoms with Crippen LogP contribution in [0.3, 0.4) is 0 Å². The second kappa shape index (κ2) is 2.01. The zero-order valence-electron chi connectivity index (χ0n) is 5.31. The summed E-state index contributed by atoms with van der Waals surface area (Å²) in [6.07, 6.45) is 0. The van der Waals surface area contributed by atoms with Crippen molar-refractivity contribution in [3.05, 3.63) is 11.2 Å². The lowest BCUT2D eigenvalue weighted by Gasteiger charge is -2.02. The van der Waals surface area contributed by atoms with E-state index in [1.165, 1.54) is 0 Å². The van der Waals surface area contributed by atoms with Gasteiger partial charge in [0.1, 0.15) is 0 Å². The van der Waals surface area contributed by atoms with Gasteiger partial charge >= 0.3 is 0 Å². The summed E-state index contributed by atoms with van der Waals surface area (Å²) >= 11 is 0. The monoisotopic (exact) mass is 158 g/mol. The van der Waals surface area contributed by atoms with Crippen LogP contribution >= 0.6 is 0 Å². The summed E-state index contributed by atoms with van der Waals surface area (Å²) in [5.41, 5.74) is 3.68. The van der Waals surface area contributed by atoms with E-state index < -0.39 is 17.2 Å². The summed E-state index contributed by atoms with van der Waals surface area (Å²) in [6, 6.07) is 0. The lowest BCUT2D eigenvalue weighted by atomic mass is 10.9. The Kier molecular flexibility index (Phi) is 1.30. The molecule has 0 amide bonds. The van der Waals surface area contributed by atoms with E-state index in [4.69, 9.17) is 27.0 Å². The van der Waals surface area contributed by atoms with Crippen LogP contribution in [0.2, 0.25) is 0 Å². The highest BCUT2D eigenvalue weighted by Crippen LogP contribution is 1.79. The van der Waals surface area contributed by atoms with Gasteiger partial charge in [-0.15, -0.1) is 9.46 Å². The second-order valence-electron chi connectivity index (χ2n) is 1.74. The third-order valence-electron chi connectivity index (χ3n) is 1.04. The highest BCUT2D eigenvalue weighted by Gasteiger charge is 2.01.